The van der Waals surface area contributed by atoms with E-state index >= 15 is 0 Å². The molecule has 0 spiro atoms. The van der Waals surface area contributed by atoms with E-state index in [4.69, 9.17) is 25.3 Å². The molecule has 0 saturated heterocycles. The molecule has 0 aromatic rings. The molecular formula is C15H30BNO5. The Kier molecular flexibility index (Phi) is 10.3. The summed E-state index contributed by atoms with van der Waals surface area (Å²) < 4.78 is 0. The maximum Gasteiger partial charge on any atom is 0.631 e. The molecule has 5 N–H and O–H groups in total. The van der Waals surface area contributed by atoms with Gasteiger partial charge in [0.1, 0.15) is 0 Å². The highest BCUT2D eigenvalue weighted by Crippen LogP contribution is 2.19. The van der Waals surface area contributed by atoms with E-state index in [2.05, 4.69) is 29.7 Å². The van der Waals surface area contributed by atoms with Crippen molar-refractivity contribution in [3.8, 4) is 0 Å². The van der Waals surface area contributed by atoms with Gasteiger partial charge in [-0.25, -0.2) is 0 Å². The highest BCUT2D eigenvalue weighted by Gasteiger charge is 2.31. The first kappa shape index (κ1) is 23.2. The zero-order valence-electron chi connectivity index (χ0n) is 14.4. The van der Waals surface area contributed by atoms with Crippen LogP contribution in [0.25, 0.3) is 0 Å². The van der Waals surface area contributed by atoms with Crippen LogP contribution in [0.2, 0.25) is 0 Å². The Bertz CT molecular complexity index is 375. The van der Waals surface area contributed by atoms with E-state index in [1.165, 1.54) is 11.3 Å². The molecule has 0 aromatic heterocycles. The molecule has 1 aliphatic carbocycles. The normalized spacial score (nSPS) is 14.1. The smallest absolute Gasteiger partial charge is 0.402 e. The van der Waals surface area contributed by atoms with Crippen LogP contribution in [0.4, 0.5) is 0 Å². The Labute approximate surface area is 133 Å². The fraction of sp³-hybridized carbons (Fsp3) is 0.600. The molecule has 7 heteroatoms. The lowest BCUT2D eigenvalue weighted by atomic mass is 9.90. The zero-order valence-corrected chi connectivity index (χ0v) is 14.4. The van der Waals surface area contributed by atoms with Gasteiger partial charge >= 0.3 is 7.32 Å². The molecule has 0 bridgehead atoms. The SMILES string of the molecule is C=C1CC=CC=C1N(C)C.CC(C)(O)C(C)(C)O.OB(O)O. The van der Waals surface area contributed by atoms with E-state index < -0.39 is 18.5 Å². The average Bonchev–Trinajstić information content (AvgIpc) is 2.26. The fourth-order valence-corrected chi connectivity index (χ4v) is 1.06. The van der Waals surface area contributed by atoms with Crippen LogP contribution in [-0.2, 0) is 0 Å². The first-order valence-electron chi connectivity index (χ1n) is 6.91. The summed E-state index contributed by atoms with van der Waals surface area (Å²) in [5.74, 6) is 0. The predicted molar refractivity (Wildman–Crippen MR) is 89.7 cm³/mol. The minimum atomic E-state index is -2.17. The highest BCUT2D eigenvalue weighted by atomic mass is 16.5. The molecule has 0 heterocycles. The second-order valence-electron chi connectivity index (χ2n) is 6.15. The number of likely N-dealkylation sites (N-methyl/N-ethyl adjacent to an activating group) is 1. The molecule has 0 fully saturated rings. The molecule has 1 rings (SSSR count). The summed E-state index contributed by atoms with van der Waals surface area (Å²) in [5.41, 5.74) is 0.426. The summed E-state index contributed by atoms with van der Waals surface area (Å²) in [4.78, 5) is 2.09. The molecule has 0 atom stereocenters. The lowest BCUT2D eigenvalue weighted by Crippen LogP contribution is -2.44. The molecule has 0 aliphatic heterocycles. The average molecular weight is 315 g/mol. The van der Waals surface area contributed by atoms with Gasteiger partial charge in [-0.3, -0.25) is 0 Å². The van der Waals surface area contributed by atoms with E-state index in [-0.39, 0.29) is 0 Å². The Balaban J connectivity index is 0. The molecule has 1 aliphatic rings. The predicted octanol–water partition coefficient (Wildman–Crippen LogP) is 0.424. The third-order valence-electron chi connectivity index (χ3n) is 3.10. The van der Waals surface area contributed by atoms with Crippen molar-refractivity contribution < 1.29 is 25.3 Å². The van der Waals surface area contributed by atoms with Gasteiger partial charge in [0.25, 0.3) is 0 Å². The lowest BCUT2D eigenvalue weighted by Gasteiger charge is -2.31. The van der Waals surface area contributed by atoms with Crippen molar-refractivity contribution in [3.05, 3.63) is 36.1 Å². The number of allylic oxidation sites excluding steroid dienone is 4. The summed E-state index contributed by atoms with van der Waals surface area (Å²) in [5, 5.41) is 39.7. The molecule has 0 unspecified atom stereocenters. The van der Waals surface area contributed by atoms with E-state index in [1.54, 1.807) is 27.7 Å². The van der Waals surface area contributed by atoms with Gasteiger partial charge in [0.05, 0.1) is 11.2 Å². The number of aliphatic hydroxyl groups is 2. The largest absolute Gasteiger partial charge is 0.631 e. The Morgan fingerprint density at radius 3 is 1.59 bits per heavy atom. The minimum absolute atomic E-state index is 0.990. The van der Waals surface area contributed by atoms with Crippen molar-refractivity contribution in [2.45, 2.75) is 45.3 Å². The Morgan fingerprint density at radius 2 is 1.41 bits per heavy atom. The van der Waals surface area contributed by atoms with Crippen LogP contribution in [0.15, 0.2) is 36.1 Å². The summed E-state index contributed by atoms with van der Waals surface area (Å²) in [6.07, 6.45) is 7.27. The van der Waals surface area contributed by atoms with Crippen molar-refractivity contribution in [3.63, 3.8) is 0 Å². The fourth-order valence-electron chi connectivity index (χ4n) is 1.06. The van der Waals surface area contributed by atoms with Crippen LogP contribution in [0.5, 0.6) is 0 Å². The van der Waals surface area contributed by atoms with Crippen LogP contribution < -0.4 is 0 Å². The van der Waals surface area contributed by atoms with Crippen molar-refractivity contribution >= 4 is 7.32 Å². The van der Waals surface area contributed by atoms with E-state index in [1.807, 2.05) is 14.1 Å². The summed E-state index contributed by atoms with van der Waals surface area (Å²) in [6, 6.07) is 0. The summed E-state index contributed by atoms with van der Waals surface area (Å²) in [7, 11) is 1.91. The standard InChI is InChI=1S/C9H13N.C6H14O2.BH3O3/c1-8-6-4-5-7-9(8)10(2)3;1-5(2,7)6(3,4)8;2-1(3)4/h4-5,7H,1,6H2,2-3H3;7-8H,1-4H3;2-4H. The van der Waals surface area contributed by atoms with E-state index in [0.29, 0.717) is 0 Å². The Morgan fingerprint density at radius 1 is 1.05 bits per heavy atom. The van der Waals surface area contributed by atoms with Gasteiger partial charge in [0.15, 0.2) is 0 Å². The maximum atomic E-state index is 9.10. The zero-order chi connectivity index (χ0) is 18.1. The van der Waals surface area contributed by atoms with Gasteiger partial charge < -0.3 is 30.2 Å². The summed E-state index contributed by atoms with van der Waals surface area (Å²) >= 11 is 0. The number of hydrogen-bond acceptors (Lipinski definition) is 6. The van der Waals surface area contributed by atoms with Crippen LogP contribution >= 0.6 is 0 Å². The van der Waals surface area contributed by atoms with Gasteiger partial charge in [-0.05, 0) is 45.8 Å². The van der Waals surface area contributed by atoms with Crippen LogP contribution in [-0.4, -0.2) is 62.8 Å². The van der Waals surface area contributed by atoms with E-state index in [0.717, 1.165) is 6.42 Å². The lowest BCUT2D eigenvalue weighted by molar-refractivity contribution is -0.107. The third-order valence-corrected chi connectivity index (χ3v) is 3.10. The first-order valence-corrected chi connectivity index (χ1v) is 6.91. The molecule has 0 radical (unpaired) electrons. The molecule has 0 aromatic carbocycles. The summed E-state index contributed by atoms with van der Waals surface area (Å²) in [6.45, 7) is 10.3. The topological polar surface area (TPSA) is 104 Å². The van der Waals surface area contributed by atoms with Gasteiger partial charge in [0, 0.05) is 19.8 Å². The third kappa shape index (κ3) is 11.5. The van der Waals surface area contributed by atoms with Crippen LogP contribution in [0.1, 0.15) is 34.1 Å². The van der Waals surface area contributed by atoms with Gasteiger partial charge in [-0.15, -0.1) is 0 Å². The number of nitrogens with zero attached hydrogens (tertiary/aromatic N) is 1. The molecule has 0 amide bonds. The highest BCUT2D eigenvalue weighted by molar-refractivity contribution is 6.30. The second-order valence-corrected chi connectivity index (χ2v) is 6.15. The molecular weight excluding hydrogens is 285 g/mol. The van der Waals surface area contributed by atoms with Crippen LogP contribution in [0.3, 0.4) is 0 Å². The number of hydrogen-bond donors (Lipinski definition) is 5. The van der Waals surface area contributed by atoms with Crippen molar-refractivity contribution in [1.29, 1.82) is 0 Å². The van der Waals surface area contributed by atoms with Gasteiger partial charge in [-0.2, -0.15) is 0 Å². The molecule has 22 heavy (non-hydrogen) atoms. The van der Waals surface area contributed by atoms with Crippen molar-refractivity contribution in [1.82, 2.24) is 4.90 Å². The maximum absolute atomic E-state index is 9.10. The monoisotopic (exact) mass is 315 g/mol. The molecule has 6 nitrogen and oxygen atoms in total. The first-order chi connectivity index (χ1) is 9.70. The van der Waals surface area contributed by atoms with Gasteiger partial charge in [0.2, 0.25) is 0 Å². The van der Waals surface area contributed by atoms with Crippen molar-refractivity contribution in [2.24, 2.45) is 0 Å². The quantitative estimate of drug-likeness (QED) is 0.473. The Hall–Kier alpha value is -1.12. The van der Waals surface area contributed by atoms with Crippen molar-refractivity contribution in [2.75, 3.05) is 14.1 Å². The molecule has 128 valence electrons. The van der Waals surface area contributed by atoms with Gasteiger partial charge in [-0.1, -0.05) is 18.7 Å². The second kappa shape index (κ2) is 9.81. The van der Waals surface area contributed by atoms with E-state index in [9.17, 15) is 0 Å². The number of rotatable bonds is 2. The van der Waals surface area contributed by atoms with Crippen LogP contribution in [0, 0.1) is 0 Å². The molecule has 0 saturated carbocycles. The minimum Gasteiger partial charge on any atom is -0.402 e.